The Kier molecular flexibility index (Phi) is 6.04. The molecule has 0 aromatic heterocycles. The maximum Gasteiger partial charge on any atom is 0.227 e. The molecule has 154 valence electrons. The quantitative estimate of drug-likeness (QED) is 0.536. The average molecular weight is 423 g/mol. The molecule has 30 heavy (non-hydrogen) atoms. The number of halogens is 1. The van der Waals surface area contributed by atoms with E-state index in [1.54, 1.807) is 12.1 Å². The number of hydrogen-bond donors (Lipinski definition) is 2. The number of ether oxygens (including phenoxy) is 1. The van der Waals surface area contributed by atoms with Gasteiger partial charge in [-0.3, -0.25) is 4.79 Å². The van der Waals surface area contributed by atoms with Crippen LogP contribution in [0, 0.1) is 0 Å². The second kappa shape index (κ2) is 8.88. The zero-order valence-electron chi connectivity index (χ0n) is 16.6. The van der Waals surface area contributed by atoms with Gasteiger partial charge < -0.3 is 20.1 Å². The molecule has 0 fully saturated rings. The van der Waals surface area contributed by atoms with Gasteiger partial charge in [0.1, 0.15) is 0 Å². The zero-order valence-corrected chi connectivity index (χ0v) is 17.4. The van der Waals surface area contributed by atoms with E-state index in [2.05, 4.69) is 11.4 Å². The first kappa shape index (κ1) is 20.4. The lowest BCUT2D eigenvalue weighted by Gasteiger charge is -2.30. The fourth-order valence-corrected chi connectivity index (χ4v) is 3.89. The zero-order chi connectivity index (χ0) is 21.1. The first-order chi connectivity index (χ1) is 14.5. The number of fused-ring (bicyclic) bond motifs is 1. The van der Waals surface area contributed by atoms with Crippen molar-refractivity contribution in [1.82, 2.24) is 0 Å². The molecule has 6 heteroatoms. The summed E-state index contributed by atoms with van der Waals surface area (Å²) in [5.74, 6) is 0.135. The molecule has 1 aliphatic rings. The van der Waals surface area contributed by atoms with Gasteiger partial charge in [0.15, 0.2) is 6.29 Å². The van der Waals surface area contributed by atoms with Crippen LogP contribution in [-0.2, 0) is 22.5 Å². The third-order valence-electron chi connectivity index (χ3n) is 5.24. The van der Waals surface area contributed by atoms with Gasteiger partial charge in [0, 0.05) is 41.2 Å². The Balaban J connectivity index is 1.61. The molecule has 0 spiro atoms. The van der Waals surface area contributed by atoms with Crippen LogP contribution in [0.4, 0.5) is 17.1 Å². The minimum atomic E-state index is -1.08. The maximum absolute atomic E-state index is 12.6. The largest absolute Gasteiger partial charge is 0.364 e. The van der Waals surface area contributed by atoms with E-state index in [0.717, 1.165) is 22.5 Å². The minimum Gasteiger partial charge on any atom is -0.364 e. The number of hydrogen-bond acceptors (Lipinski definition) is 4. The Morgan fingerprint density at radius 3 is 2.67 bits per heavy atom. The summed E-state index contributed by atoms with van der Waals surface area (Å²) in [4.78, 5) is 14.4. The van der Waals surface area contributed by atoms with Crippen molar-refractivity contribution in [2.24, 2.45) is 0 Å². The number of nitrogens with zero attached hydrogens (tertiary/aromatic N) is 1. The Morgan fingerprint density at radius 1 is 1.10 bits per heavy atom. The lowest BCUT2D eigenvalue weighted by atomic mass is 9.99. The Morgan fingerprint density at radius 2 is 1.90 bits per heavy atom. The van der Waals surface area contributed by atoms with Gasteiger partial charge in [0.05, 0.1) is 6.54 Å². The number of methoxy groups -OCH3 is 1. The number of benzene rings is 3. The number of amides is 1. The number of rotatable bonds is 6. The number of aliphatic hydroxyl groups is 1. The van der Waals surface area contributed by atoms with Crippen LogP contribution in [0.15, 0.2) is 66.7 Å². The highest BCUT2D eigenvalue weighted by atomic mass is 35.5. The minimum absolute atomic E-state index is 0.135. The van der Waals surface area contributed by atoms with Crippen LogP contribution in [0.5, 0.6) is 0 Å². The first-order valence-electron chi connectivity index (χ1n) is 9.79. The van der Waals surface area contributed by atoms with Crippen molar-refractivity contribution < 1.29 is 14.6 Å². The molecule has 0 aliphatic carbocycles. The lowest BCUT2D eigenvalue weighted by Crippen LogP contribution is -2.34. The van der Waals surface area contributed by atoms with Crippen molar-refractivity contribution in [3.05, 3.63) is 88.4 Å². The van der Waals surface area contributed by atoms with Gasteiger partial charge in [-0.15, -0.1) is 0 Å². The van der Waals surface area contributed by atoms with Crippen LogP contribution >= 0.6 is 11.6 Å². The molecule has 3 aromatic carbocycles. The molecule has 0 saturated carbocycles. The van der Waals surface area contributed by atoms with Crippen molar-refractivity contribution in [2.75, 3.05) is 17.3 Å². The predicted octanol–water partition coefficient (Wildman–Crippen LogP) is 5.20. The molecule has 0 saturated heterocycles. The summed E-state index contributed by atoms with van der Waals surface area (Å²) in [6, 6.07) is 21.2. The van der Waals surface area contributed by atoms with E-state index < -0.39 is 6.29 Å². The lowest BCUT2D eigenvalue weighted by molar-refractivity contribution is -0.119. The average Bonchev–Trinajstić information content (AvgIpc) is 2.77. The third-order valence-corrected chi connectivity index (χ3v) is 5.48. The molecule has 5 nitrogen and oxygen atoms in total. The molecule has 0 bridgehead atoms. The van der Waals surface area contributed by atoms with E-state index in [1.807, 2.05) is 53.4 Å². The predicted molar refractivity (Wildman–Crippen MR) is 119 cm³/mol. The first-order valence-corrected chi connectivity index (χ1v) is 10.2. The van der Waals surface area contributed by atoms with E-state index in [-0.39, 0.29) is 5.91 Å². The standard InChI is InChI=1S/C24H23ClN2O3/c1-30-24(29)20-14-18(25)8-10-21(20)26-19-9-11-22-17(13-19)7-12-23(28)27(22)15-16-5-3-2-4-6-16/h2-6,8-11,13-14,24,26,29H,7,12,15H2,1H3. The van der Waals surface area contributed by atoms with Crippen LogP contribution in [0.25, 0.3) is 0 Å². The molecule has 1 unspecified atom stereocenters. The van der Waals surface area contributed by atoms with Crippen LogP contribution < -0.4 is 10.2 Å². The smallest absolute Gasteiger partial charge is 0.227 e. The third kappa shape index (κ3) is 4.33. The highest BCUT2D eigenvalue weighted by molar-refractivity contribution is 6.30. The molecule has 1 amide bonds. The van der Waals surface area contributed by atoms with Gasteiger partial charge in [-0.25, -0.2) is 0 Å². The van der Waals surface area contributed by atoms with Gasteiger partial charge in [-0.2, -0.15) is 0 Å². The molecule has 1 aliphatic heterocycles. The van der Waals surface area contributed by atoms with Crippen molar-refractivity contribution in [3.8, 4) is 0 Å². The number of aryl methyl sites for hydroxylation is 1. The summed E-state index contributed by atoms with van der Waals surface area (Å²) in [7, 11) is 1.44. The Hall–Kier alpha value is -2.86. The van der Waals surface area contributed by atoms with Gasteiger partial charge in [-0.1, -0.05) is 41.9 Å². The molecular formula is C24H23ClN2O3. The maximum atomic E-state index is 12.6. The number of carbonyl (C=O) groups is 1. The second-order valence-corrected chi connectivity index (χ2v) is 7.69. The van der Waals surface area contributed by atoms with Gasteiger partial charge in [-0.05, 0) is 53.9 Å². The van der Waals surface area contributed by atoms with Crippen LogP contribution in [0.1, 0.15) is 29.4 Å². The Labute approximate surface area is 180 Å². The summed E-state index contributed by atoms with van der Waals surface area (Å²) < 4.78 is 5.06. The molecule has 0 radical (unpaired) electrons. The second-order valence-electron chi connectivity index (χ2n) is 7.25. The highest BCUT2D eigenvalue weighted by Gasteiger charge is 2.24. The number of anilines is 3. The summed E-state index contributed by atoms with van der Waals surface area (Å²) >= 11 is 6.08. The van der Waals surface area contributed by atoms with Crippen molar-refractivity contribution in [2.45, 2.75) is 25.7 Å². The summed E-state index contributed by atoms with van der Waals surface area (Å²) in [5.41, 5.74) is 5.28. The van der Waals surface area contributed by atoms with E-state index in [4.69, 9.17) is 16.3 Å². The van der Waals surface area contributed by atoms with Gasteiger partial charge >= 0.3 is 0 Å². The highest BCUT2D eigenvalue weighted by Crippen LogP contribution is 2.34. The van der Waals surface area contributed by atoms with E-state index >= 15 is 0 Å². The molecular weight excluding hydrogens is 400 g/mol. The van der Waals surface area contributed by atoms with E-state index in [0.29, 0.717) is 35.7 Å². The fourth-order valence-electron chi connectivity index (χ4n) is 3.71. The normalized spacial score (nSPS) is 14.4. The van der Waals surface area contributed by atoms with Crippen LogP contribution in [0.2, 0.25) is 5.02 Å². The molecule has 1 heterocycles. The molecule has 4 rings (SSSR count). The van der Waals surface area contributed by atoms with E-state index in [1.165, 1.54) is 7.11 Å². The summed E-state index contributed by atoms with van der Waals surface area (Å²) in [6.07, 6.45) is 0.101. The Bertz CT molecular complexity index is 1060. The van der Waals surface area contributed by atoms with Gasteiger partial charge in [0.2, 0.25) is 5.91 Å². The fraction of sp³-hybridized carbons (Fsp3) is 0.208. The number of aliphatic hydroxyl groups excluding tert-OH is 1. The topological polar surface area (TPSA) is 61.8 Å². The summed E-state index contributed by atoms with van der Waals surface area (Å²) in [5, 5.41) is 14.0. The number of carbonyl (C=O) groups excluding carboxylic acids is 1. The van der Waals surface area contributed by atoms with Crippen molar-refractivity contribution >= 4 is 34.6 Å². The number of nitrogens with one attached hydrogen (secondary N) is 1. The SMILES string of the molecule is COC(O)c1cc(Cl)ccc1Nc1ccc2c(c1)CCC(=O)N2Cc1ccccc1. The van der Waals surface area contributed by atoms with Crippen molar-refractivity contribution in [3.63, 3.8) is 0 Å². The van der Waals surface area contributed by atoms with Crippen LogP contribution in [-0.4, -0.2) is 18.1 Å². The van der Waals surface area contributed by atoms with Crippen molar-refractivity contribution in [1.29, 1.82) is 0 Å². The summed E-state index contributed by atoms with van der Waals surface area (Å²) in [6.45, 7) is 0.556. The van der Waals surface area contributed by atoms with E-state index in [9.17, 15) is 9.90 Å². The van der Waals surface area contributed by atoms with Crippen LogP contribution in [0.3, 0.4) is 0 Å². The van der Waals surface area contributed by atoms with Gasteiger partial charge in [0.25, 0.3) is 0 Å². The molecule has 1 atom stereocenters. The monoisotopic (exact) mass is 422 g/mol. The molecule has 3 aromatic rings. The molecule has 2 N–H and O–H groups in total.